The molecule has 4 heterocycles. The van der Waals surface area contributed by atoms with E-state index < -0.39 is 6.09 Å². The minimum atomic E-state index is -0.465. The highest BCUT2D eigenvalue weighted by Gasteiger charge is 2.35. The van der Waals surface area contributed by atoms with Gasteiger partial charge in [0.1, 0.15) is 18.2 Å². The first-order chi connectivity index (χ1) is 17.6. The third kappa shape index (κ3) is 4.50. The van der Waals surface area contributed by atoms with Gasteiger partial charge in [-0.2, -0.15) is 0 Å². The second-order valence-electron chi connectivity index (χ2n) is 9.99. The summed E-state index contributed by atoms with van der Waals surface area (Å²) in [4.78, 5) is 40.3. The van der Waals surface area contributed by atoms with Gasteiger partial charge in [-0.1, -0.05) is 6.07 Å². The molecule has 0 bridgehead atoms. The topological polar surface area (TPSA) is 88.1 Å². The Labute approximate surface area is 210 Å². The summed E-state index contributed by atoms with van der Waals surface area (Å²) in [5.74, 6) is 2.86. The van der Waals surface area contributed by atoms with Gasteiger partial charge in [-0.3, -0.25) is 9.69 Å². The first kappa shape index (κ1) is 22.8. The standard InChI is InChI=1S/C27H31N5O4/c1-35-13-8-22-17-36-27(34)32(22)24-7-6-20(15-28-24)26(33)31-11-9-30(10-12-31)25-23(19-4-5-19)14-21(16-29-25)18-2-3-18/h6-8,13-16,18-19,22H,2-5,9-12,17H2,1H3/b13-8+. The largest absolute Gasteiger partial charge is 0.505 e. The lowest BCUT2D eigenvalue weighted by atomic mass is 10.1. The highest BCUT2D eigenvalue weighted by Crippen LogP contribution is 2.47. The molecule has 2 aromatic rings. The molecule has 9 heteroatoms. The molecule has 0 radical (unpaired) electrons. The maximum atomic E-state index is 13.2. The van der Waals surface area contributed by atoms with Crippen molar-refractivity contribution in [3.8, 4) is 0 Å². The van der Waals surface area contributed by atoms with Gasteiger partial charge in [0, 0.05) is 38.6 Å². The molecule has 6 rings (SSSR count). The van der Waals surface area contributed by atoms with Crippen molar-refractivity contribution in [2.45, 2.75) is 43.6 Å². The number of hydrogen-bond acceptors (Lipinski definition) is 7. The number of nitrogens with zero attached hydrogens (tertiary/aromatic N) is 5. The van der Waals surface area contributed by atoms with Crippen LogP contribution in [0.4, 0.5) is 16.4 Å². The van der Waals surface area contributed by atoms with E-state index in [9.17, 15) is 9.59 Å². The molecule has 4 aliphatic rings. The van der Waals surface area contributed by atoms with Crippen LogP contribution in [-0.2, 0) is 9.47 Å². The van der Waals surface area contributed by atoms with Crippen molar-refractivity contribution >= 4 is 23.6 Å². The van der Waals surface area contributed by atoms with E-state index in [1.165, 1.54) is 54.2 Å². The van der Waals surface area contributed by atoms with Crippen LogP contribution >= 0.6 is 0 Å². The molecule has 4 fully saturated rings. The second kappa shape index (κ2) is 9.44. The minimum absolute atomic E-state index is 0.0482. The number of aromatic nitrogens is 2. The summed E-state index contributed by atoms with van der Waals surface area (Å²) in [6.07, 6.45) is 11.5. The fourth-order valence-electron chi connectivity index (χ4n) is 5.06. The number of pyridine rings is 2. The van der Waals surface area contributed by atoms with Crippen LogP contribution in [0.2, 0.25) is 0 Å². The quantitative estimate of drug-likeness (QED) is 0.548. The van der Waals surface area contributed by atoms with Crippen LogP contribution in [0.15, 0.2) is 42.9 Å². The Balaban J connectivity index is 1.10. The molecule has 2 aromatic heterocycles. The first-order valence-corrected chi connectivity index (χ1v) is 12.8. The fourth-order valence-corrected chi connectivity index (χ4v) is 5.06. The Morgan fingerprint density at radius 2 is 1.83 bits per heavy atom. The van der Waals surface area contributed by atoms with Crippen molar-refractivity contribution in [2.24, 2.45) is 0 Å². The Bertz CT molecular complexity index is 1170. The molecule has 9 nitrogen and oxygen atoms in total. The molecular formula is C27H31N5O4. The van der Waals surface area contributed by atoms with Gasteiger partial charge in [0.2, 0.25) is 0 Å². The van der Waals surface area contributed by atoms with Crippen molar-refractivity contribution < 1.29 is 19.1 Å². The van der Waals surface area contributed by atoms with Crippen LogP contribution in [0.1, 0.15) is 59.0 Å². The first-order valence-electron chi connectivity index (χ1n) is 12.8. The van der Waals surface area contributed by atoms with Gasteiger partial charge in [-0.25, -0.2) is 14.8 Å². The molecule has 2 saturated carbocycles. The molecule has 36 heavy (non-hydrogen) atoms. The van der Waals surface area contributed by atoms with E-state index in [1.807, 2.05) is 4.90 Å². The van der Waals surface area contributed by atoms with Gasteiger partial charge in [-0.05, 0) is 66.9 Å². The van der Waals surface area contributed by atoms with E-state index in [-0.39, 0.29) is 18.6 Å². The number of cyclic esters (lactones) is 1. The van der Waals surface area contributed by atoms with Gasteiger partial charge >= 0.3 is 6.09 Å². The monoisotopic (exact) mass is 489 g/mol. The lowest BCUT2D eigenvalue weighted by molar-refractivity contribution is 0.0746. The smallest absolute Gasteiger partial charge is 0.416 e. The lowest BCUT2D eigenvalue weighted by Crippen LogP contribution is -2.49. The predicted octanol–water partition coefficient (Wildman–Crippen LogP) is 3.68. The summed E-state index contributed by atoms with van der Waals surface area (Å²) in [5.41, 5.74) is 3.31. The summed E-state index contributed by atoms with van der Waals surface area (Å²) in [7, 11) is 1.55. The third-order valence-corrected chi connectivity index (χ3v) is 7.43. The van der Waals surface area contributed by atoms with Crippen molar-refractivity contribution in [2.75, 3.05) is 49.7 Å². The molecule has 0 spiro atoms. The summed E-state index contributed by atoms with van der Waals surface area (Å²) in [6.45, 7) is 3.03. The number of ether oxygens (including phenoxy) is 2. The molecular weight excluding hydrogens is 458 g/mol. The predicted molar refractivity (Wildman–Crippen MR) is 134 cm³/mol. The Morgan fingerprint density at radius 1 is 1.06 bits per heavy atom. The molecule has 188 valence electrons. The highest BCUT2D eigenvalue weighted by molar-refractivity contribution is 5.95. The highest BCUT2D eigenvalue weighted by atomic mass is 16.6. The summed E-state index contributed by atoms with van der Waals surface area (Å²) in [6, 6.07) is 5.51. The van der Waals surface area contributed by atoms with Crippen LogP contribution in [0, 0.1) is 0 Å². The number of carbonyl (C=O) groups excluding carboxylic acids is 2. The summed E-state index contributed by atoms with van der Waals surface area (Å²) >= 11 is 0. The van der Waals surface area contributed by atoms with Gasteiger partial charge < -0.3 is 19.3 Å². The number of hydrogen-bond donors (Lipinski definition) is 0. The van der Waals surface area contributed by atoms with Crippen molar-refractivity contribution in [3.63, 3.8) is 0 Å². The Hall–Kier alpha value is -3.62. The molecule has 2 amide bonds. The third-order valence-electron chi connectivity index (χ3n) is 7.43. The van der Waals surface area contributed by atoms with Crippen LogP contribution < -0.4 is 9.80 Å². The molecule has 1 atom stereocenters. The van der Waals surface area contributed by atoms with E-state index in [1.54, 1.807) is 25.3 Å². The molecule has 0 N–H and O–H groups in total. The molecule has 0 aromatic carbocycles. The van der Waals surface area contributed by atoms with E-state index in [0.717, 1.165) is 18.9 Å². The van der Waals surface area contributed by atoms with Crippen LogP contribution in [0.3, 0.4) is 0 Å². The second-order valence-corrected chi connectivity index (χ2v) is 9.99. The van der Waals surface area contributed by atoms with Crippen LogP contribution in [-0.4, -0.2) is 72.8 Å². The number of methoxy groups -OCH3 is 1. The number of amides is 2. The van der Waals surface area contributed by atoms with Crippen molar-refractivity contribution in [1.29, 1.82) is 0 Å². The SMILES string of the molecule is CO/C=C/C1COC(=O)N1c1ccc(C(=O)N2CCN(c3ncc(C4CC4)cc3C3CC3)CC2)cn1. The number of rotatable bonds is 7. The lowest BCUT2D eigenvalue weighted by Gasteiger charge is -2.36. The summed E-state index contributed by atoms with van der Waals surface area (Å²) < 4.78 is 10.1. The number of piperazine rings is 1. The zero-order valence-electron chi connectivity index (χ0n) is 20.5. The van der Waals surface area contributed by atoms with Gasteiger partial charge in [-0.15, -0.1) is 0 Å². The maximum absolute atomic E-state index is 13.2. The zero-order valence-corrected chi connectivity index (χ0v) is 20.5. The Morgan fingerprint density at radius 3 is 2.50 bits per heavy atom. The van der Waals surface area contributed by atoms with Crippen molar-refractivity contribution in [3.05, 3.63) is 59.6 Å². The minimum Gasteiger partial charge on any atom is -0.505 e. The normalized spacial score (nSPS) is 22.3. The molecule has 2 aliphatic carbocycles. The molecule has 1 unspecified atom stereocenters. The molecule has 2 saturated heterocycles. The van der Waals surface area contributed by atoms with Gasteiger partial charge in [0.05, 0.1) is 25.0 Å². The Kier molecular flexibility index (Phi) is 5.99. The van der Waals surface area contributed by atoms with Crippen molar-refractivity contribution in [1.82, 2.24) is 14.9 Å². The average molecular weight is 490 g/mol. The molecule has 2 aliphatic heterocycles. The van der Waals surface area contributed by atoms with Crippen LogP contribution in [0.5, 0.6) is 0 Å². The van der Waals surface area contributed by atoms with E-state index in [2.05, 4.69) is 22.1 Å². The van der Waals surface area contributed by atoms with E-state index in [4.69, 9.17) is 14.5 Å². The van der Waals surface area contributed by atoms with Crippen LogP contribution in [0.25, 0.3) is 0 Å². The zero-order chi connectivity index (χ0) is 24.6. The van der Waals surface area contributed by atoms with Gasteiger partial charge in [0.25, 0.3) is 5.91 Å². The van der Waals surface area contributed by atoms with E-state index in [0.29, 0.717) is 36.3 Å². The maximum Gasteiger partial charge on any atom is 0.416 e. The van der Waals surface area contributed by atoms with E-state index >= 15 is 0 Å². The summed E-state index contributed by atoms with van der Waals surface area (Å²) in [5, 5.41) is 0. The average Bonchev–Trinajstić information content (AvgIpc) is 3.85. The fraction of sp³-hybridized carbons (Fsp3) is 0.481. The number of carbonyl (C=O) groups is 2. The number of anilines is 2. The van der Waals surface area contributed by atoms with Gasteiger partial charge in [0.15, 0.2) is 0 Å².